The molecule has 4 heteroatoms. The van der Waals surface area contributed by atoms with Crippen molar-refractivity contribution in [1.82, 2.24) is 4.98 Å². The molecule has 1 heterocycles. The van der Waals surface area contributed by atoms with Crippen molar-refractivity contribution in [2.24, 2.45) is 5.84 Å². The average molecular weight is 194 g/mol. The van der Waals surface area contributed by atoms with Crippen molar-refractivity contribution in [1.29, 1.82) is 0 Å². The Balaban J connectivity index is 2.84. The summed E-state index contributed by atoms with van der Waals surface area (Å²) in [6.07, 6.45) is 1.71. The lowest BCUT2D eigenvalue weighted by molar-refractivity contribution is 1.33. The Morgan fingerprint density at radius 3 is 2.92 bits per heavy atom. The Bertz CT molecular complexity index is 442. The van der Waals surface area contributed by atoms with Gasteiger partial charge < -0.3 is 5.43 Å². The number of nitrogens with zero attached hydrogens (tertiary/aromatic N) is 1. The number of fused-ring (bicyclic) bond motifs is 1. The maximum Gasteiger partial charge on any atom is 0.0961 e. The maximum atomic E-state index is 5.92. The summed E-state index contributed by atoms with van der Waals surface area (Å²) in [4.78, 5) is 4.19. The second-order valence-corrected chi connectivity index (χ2v) is 3.05. The zero-order chi connectivity index (χ0) is 9.26. The van der Waals surface area contributed by atoms with E-state index in [0.717, 1.165) is 10.9 Å². The van der Waals surface area contributed by atoms with Gasteiger partial charge in [-0.15, -0.1) is 0 Å². The monoisotopic (exact) mass is 193 g/mol. The molecule has 0 aliphatic rings. The molecule has 0 saturated heterocycles. The predicted molar refractivity (Wildman–Crippen MR) is 54.6 cm³/mol. The molecular formula is C9H8ClN3. The van der Waals surface area contributed by atoms with E-state index >= 15 is 0 Å². The molecule has 13 heavy (non-hydrogen) atoms. The summed E-state index contributed by atoms with van der Waals surface area (Å²) in [6, 6.07) is 7.53. The summed E-state index contributed by atoms with van der Waals surface area (Å²) < 4.78 is 0. The normalized spacial score (nSPS) is 10.3. The van der Waals surface area contributed by atoms with Crippen LogP contribution in [0.1, 0.15) is 0 Å². The minimum absolute atomic E-state index is 0.578. The van der Waals surface area contributed by atoms with Gasteiger partial charge in [-0.2, -0.15) is 0 Å². The number of pyridine rings is 1. The Hall–Kier alpha value is -1.32. The van der Waals surface area contributed by atoms with Gasteiger partial charge in [0.2, 0.25) is 0 Å². The van der Waals surface area contributed by atoms with E-state index in [0.29, 0.717) is 10.7 Å². The molecule has 0 unspecified atom stereocenters. The number of hydrogen-bond donors (Lipinski definition) is 2. The molecule has 0 radical (unpaired) electrons. The summed E-state index contributed by atoms with van der Waals surface area (Å²) >= 11 is 5.92. The maximum absolute atomic E-state index is 5.92. The lowest BCUT2D eigenvalue weighted by Gasteiger charge is -2.05. The van der Waals surface area contributed by atoms with E-state index in [1.807, 2.05) is 18.2 Å². The van der Waals surface area contributed by atoms with Crippen LogP contribution in [0, 0.1) is 0 Å². The van der Waals surface area contributed by atoms with Crippen molar-refractivity contribution in [3.05, 3.63) is 35.5 Å². The van der Waals surface area contributed by atoms with Crippen molar-refractivity contribution in [2.45, 2.75) is 0 Å². The Morgan fingerprint density at radius 2 is 2.15 bits per heavy atom. The Kier molecular flexibility index (Phi) is 2.04. The molecule has 0 amide bonds. The smallest absolute Gasteiger partial charge is 0.0961 e. The first-order valence-electron chi connectivity index (χ1n) is 3.83. The highest BCUT2D eigenvalue weighted by Gasteiger charge is 2.04. The molecule has 66 valence electrons. The summed E-state index contributed by atoms with van der Waals surface area (Å²) in [7, 11) is 0. The molecule has 2 rings (SSSR count). The van der Waals surface area contributed by atoms with Crippen molar-refractivity contribution < 1.29 is 0 Å². The van der Waals surface area contributed by atoms with E-state index in [1.165, 1.54) is 0 Å². The zero-order valence-corrected chi connectivity index (χ0v) is 7.55. The largest absolute Gasteiger partial charge is 0.321 e. The standard InChI is InChI=1S/C9H8ClN3/c10-7-4-3-6-2-1-5-12-8(6)9(7)13-11/h1-5,13H,11H2. The molecule has 1 aromatic carbocycles. The number of anilines is 1. The fourth-order valence-electron chi connectivity index (χ4n) is 1.26. The number of halogens is 1. The number of rotatable bonds is 1. The molecule has 0 fully saturated rings. The molecule has 0 spiro atoms. The van der Waals surface area contributed by atoms with Gasteiger partial charge in [-0.05, 0) is 12.1 Å². The van der Waals surface area contributed by atoms with Gasteiger partial charge in [-0.25, -0.2) is 0 Å². The van der Waals surface area contributed by atoms with Crippen LogP contribution < -0.4 is 11.3 Å². The van der Waals surface area contributed by atoms with E-state index in [2.05, 4.69) is 10.4 Å². The van der Waals surface area contributed by atoms with Crippen LogP contribution in [0.15, 0.2) is 30.5 Å². The highest BCUT2D eigenvalue weighted by Crippen LogP contribution is 2.28. The molecule has 0 aliphatic carbocycles. The van der Waals surface area contributed by atoms with E-state index in [4.69, 9.17) is 17.4 Å². The fourth-order valence-corrected chi connectivity index (χ4v) is 1.46. The van der Waals surface area contributed by atoms with Crippen LogP contribution in [0.2, 0.25) is 5.02 Å². The fraction of sp³-hybridized carbons (Fsp3) is 0. The minimum Gasteiger partial charge on any atom is -0.321 e. The van der Waals surface area contributed by atoms with E-state index in [9.17, 15) is 0 Å². The SMILES string of the molecule is NNc1c(Cl)ccc2cccnc12. The van der Waals surface area contributed by atoms with Gasteiger partial charge in [0.05, 0.1) is 16.2 Å². The van der Waals surface area contributed by atoms with Crippen molar-refractivity contribution in [3.8, 4) is 0 Å². The van der Waals surface area contributed by atoms with Crippen molar-refractivity contribution >= 4 is 28.2 Å². The first-order chi connectivity index (χ1) is 6.33. The lowest BCUT2D eigenvalue weighted by Crippen LogP contribution is -2.08. The highest BCUT2D eigenvalue weighted by atomic mass is 35.5. The first-order valence-corrected chi connectivity index (χ1v) is 4.20. The molecule has 3 nitrogen and oxygen atoms in total. The third-order valence-electron chi connectivity index (χ3n) is 1.87. The van der Waals surface area contributed by atoms with E-state index in [-0.39, 0.29) is 0 Å². The van der Waals surface area contributed by atoms with Crippen LogP contribution in [-0.2, 0) is 0 Å². The molecule has 0 saturated carbocycles. The molecule has 1 aromatic heterocycles. The summed E-state index contributed by atoms with van der Waals surface area (Å²) in [6.45, 7) is 0. The first kappa shape index (κ1) is 8.29. The van der Waals surface area contributed by atoms with Crippen LogP contribution in [0.25, 0.3) is 10.9 Å². The number of nitrogen functional groups attached to an aromatic ring is 1. The topological polar surface area (TPSA) is 50.9 Å². The van der Waals surface area contributed by atoms with Crippen molar-refractivity contribution in [2.75, 3.05) is 5.43 Å². The molecule has 0 atom stereocenters. The van der Waals surface area contributed by atoms with Crippen molar-refractivity contribution in [3.63, 3.8) is 0 Å². The molecule has 0 bridgehead atoms. The molecular weight excluding hydrogens is 186 g/mol. The van der Waals surface area contributed by atoms with Crippen LogP contribution >= 0.6 is 11.6 Å². The zero-order valence-electron chi connectivity index (χ0n) is 6.79. The predicted octanol–water partition coefficient (Wildman–Crippen LogP) is 2.17. The van der Waals surface area contributed by atoms with Crippen LogP contribution in [0.3, 0.4) is 0 Å². The van der Waals surface area contributed by atoms with Crippen LogP contribution in [-0.4, -0.2) is 4.98 Å². The number of nitrogens with one attached hydrogen (secondary N) is 1. The second kappa shape index (κ2) is 3.20. The van der Waals surface area contributed by atoms with Crippen LogP contribution in [0.5, 0.6) is 0 Å². The lowest BCUT2D eigenvalue weighted by atomic mass is 10.2. The number of benzene rings is 1. The van der Waals surface area contributed by atoms with Gasteiger partial charge >= 0.3 is 0 Å². The average Bonchev–Trinajstić information content (AvgIpc) is 2.18. The van der Waals surface area contributed by atoms with E-state index in [1.54, 1.807) is 12.3 Å². The second-order valence-electron chi connectivity index (χ2n) is 2.64. The molecule has 2 aromatic rings. The summed E-state index contributed by atoms with van der Waals surface area (Å²) in [5.41, 5.74) is 4.00. The highest BCUT2D eigenvalue weighted by molar-refractivity contribution is 6.34. The Labute approximate surface area is 80.5 Å². The number of nitrogens with two attached hydrogens (primary N) is 1. The van der Waals surface area contributed by atoms with Gasteiger partial charge in [0.25, 0.3) is 0 Å². The molecule has 3 N–H and O–H groups in total. The number of hydrazine groups is 1. The van der Waals surface area contributed by atoms with Gasteiger partial charge in [0.1, 0.15) is 0 Å². The van der Waals surface area contributed by atoms with Crippen LogP contribution in [0.4, 0.5) is 5.69 Å². The quantitative estimate of drug-likeness (QED) is 0.539. The summed E-state index contributed by atoms with van der Waals surface area (Å²) in [5.74, 6) is 5.34. The van der Waals surface area contributed by atoms with Gasteiger partial charge in [0.15, 0.2) is 0 Å². The number of hydrogen-bond acceptors (Lipinski definition) is 3. The van der Waals surface area contributed by atoms with Gasteiger partial charge in [0, 0.05) is 11.6 Å². The Morgan fingerprint density at radius 1 is 1.31 bits per heavy atom. The third-order valence-corrected chi connectivity index (χ3v) is 2.18. The van der Waals surface area contributed by atoms with E-state index < -0.39 is 0 Å². The number of aromatic nitrogens is 1. The minimum atomic E-state index is 0.578. The van der Waals surface area contributed by atoms with Gasteiger partial charge in [-0.3, -0.25) is 10.8 Å². The van der Waals surface area contributed by atoms with Gasteiger partial charge in [-0.1, -0.05) is 23.7 Å². The molecule has 0 aliphatic heterocycles. The third kappa shape index (κ3) is 1.32. The summed E-state index contributed by atoms with van der Waals surface area (Å²) in [5, 5.41) is 1.59.